The summed E-state index contributed by atoms with van der Waals surface area (Å²) in [5, 5.41) is 12.3. The predicted molar refractivity (Wildman–Crippen MR) is 197 cm³/mol. The van der Waals surface area contributed by atoms with Gasteiger partial charge in [0.15, 0.2) is 0 Å². The number of aliphatic hydroxyl groups excluding tert-OH is 1. The number of ether oxygens (including phenoxy) is 3. The number of carbonyl (C=O) groups is 1. The van der Waals surface area contributed by atoms with Gasteiger partial charge in [-0.05, 0) is 86.8 Å². The molecular weight excluding hydrogens is 612 g/mol. The number of nitrogens with one attached hydrogen (secondary N) is 1. The lowest BCUT2D eigenvalue weighted by molar-refractivity contribution is 0.170. The highest BCUT2D eigenvalue weighted by Gasteiger charge is 2.37. The van der Waals surface area contributed by atoms with Gasteiger partial charge in [0.25, 0.3) is 0 Å². The molecule has 47 heavy (non-hydrogen) atoms. The van der Waals surface area contributed by atoms with Crippen molar-refractivity contribution in [3.8, 4) is 11.5 Å². The molecule has 1 saturated heterocycles. The molecule has 2 aromatic carbocycles. The molecule has 4 N–H and O–H groups in total. The first kappa shape index (κ1) is 42.5. The molecular formula is C39H65ClN2O5. The Morgan fingerprint density at radius 3 is 1.68 bits per heavy atom. The van der Waals surface area contributed by atoms with Crippen LogP contribution in [0.25, 0.3) is 0 Å². The summed E-state index contributed by atoms with van der Waals surface area (Å²) in [6, 6.07) is 16.6. The highest BCUT2D eigenvalue weighted by atomic mass is 35.5. The summed E-state index contributed by atoms with van der Waals surface area (Å²) in [6.45, 7) is 10.7. The van der Waals surface area contributed by atoms with Crippen LogP contribution >= 0.6 is 12.4 Å². The first-order valence-electron chi connectivity index (χ1n) is 18.1. The fourth-order valence-electron chi connectivity index (χ4n) is 5.43. The monoisotopic (exact) mass is 676 g/mol. The maximum absolute atomic E-state index is 11.3. The van der Waals surface area contributed by atoms with E-state index in [4.69, 9.17) is 19.9 Å². The van der Waals surface area contributed by atoms with Gasteiger partial charge < -0.3 is 30.4 Å². The van der Waals surface area contributed by atoms with Crippen LogP contribution in [-0.4, -0.2) is 48.7 Å². The molecule has 1 aliphatic heterocycles. The van der Waals surface area contributed by atoms with Crippen molar-refractivity contribution in [1.29, 1.82) is 0 Å². The van der Waals surface area contributed by atoms with Crippen LogP contribution in [0.4, 0.5) is 4.79 Å². The number of rotatable bonds is 23. The summed E-state index contributed by atoms with van der Waals surface area (Å²) in [6.07, 6.45) is 17.5. The van der Waals surface area contributed by atoms with E-state index < -0.39 is 5.54 Å². The highest BCUT2D eigenvalue weighted by Crippen LogP contribution is 2.24. The fraction of sp³-hybridized carbons (Fsp3) is 0.667. The summed E-state index contributed by atoms with van der Waals surface area (Å²) in [4.78, 5) is 11.3. The number of benzene rings is 2. The Bertz CT molecular complexity index is 1060. The molecule has 3 rings (SSSR count). The largest absolute Gasteiger partial charge is 0.494 e. The van der Waals surface area contributed by atoms with E-state index in [9.17, 15) is 9.90 Å². The van der Waals surface area contributed by atoms with E-state index in [0.29, 0.717) is 6.61 Å². The molecule has 0 aliphatic carbocycles. The molecule has 0 saturated carbocycles. The molecule has 0 aromatic heterocycles. The molecule has 7 nitrogen and oxygen atoms in total. The van der Waals surface area contributed by atoms with Crippen molar-refractivity contribution in [2.45, 2.75) is 142 Å². The summed E-state index contributed by atoms with van der Waals surface area (Å²) < 4.78 is 16.6. The van der Waals surface area contributed by atoms with E-state index >= 15 is 0 Å². The van der Waals surface area contributed by atoms with Crippen LogP contribution in [-0.2, 0) is 17.6 Å². The molecule has 2 aromatic rings. The standard InChI is InChI=1S/C20H31NO3.C19H33NO2.ClH/c1-3-5-6-7-8-15-23-18-11-9-17(10-12-18)13-14-20(4-2)16-24-19(22)21-20;1-3-5-6-7-8-15-22-18-11-9-17(10-12-18)13-14-19(20,4-2)16-21;/h9-12H,3-8,13-16H2,1-2H3,(H,21,22);9-12,21H,3-8,13-16,20H2,1-2H3;1H. The Labute approximate surface area is 292 Å². The lowest BCUT2D eigenvalue weighted by Crippen LogP contribution is -2.43. The third kappa shape index (κ3) is 17.5. The second-order valence-corrected chi connectivity index (χ2v) is 13.0. The van der Waals surface area contributed by atoms with E-state index in [1.54, 1.807) is 0 Å². The Balaban J connectivity index is 0.000000462. The number of halogens is 1. The minimum atomic E-state index is -0.451. The Kier molecular flexibility index (Phi) is 22.3. The molecule has 1 fully saturated rings. The van der Waals surface area contributed by atoms with Crippen molar-refractivity contribution in [2.75, 3.05) is 26.4 Å². The Hall–Kier alpha value is -2.48. The number of carbonyl (C=O) groups excluding carboxylic acids is 1. The maximum Gasteiger partial charge on any atom is 0.407 e. The second-order valence-electron chi connectivity index (χ2n) is 13.0. The third-order valence-electron chi connectivity index (χ3n) is 9.23. The average Bonchev–Trinajstić information content (AvgIpc) is 3.48. The summed E-state index contributed by atoms with van der Waals surface area (Å²) in [7, 11) is 0. The molecule has 0 bridgehead atoms. The number of hydrogen-bond donors (Lipinski definition) is 3. The summed E-state index contributed by atoms with van der Waals surface area (Å²) >= 11 is 0. The van der Waals surface area contributed by atoms with Crippen molar-refractivity contribution < 1.29 is 24.1 Å². The first-order valence-corrected chi connectivity index (χ1v) is 18.1. The quantitative estimate of drug-likeness (QED) is 0.101. The molecule has 0 radical (unpaired) electrons. The summed E-state index contributed by atoms with van der Waals surface area (Å²) in [5.74, 6) is 1.88. The molecule has 8 heteroatoms. The van der Waals surface area contributed by atoms with Gasteiger partial charge in [0.05, 0.1) is 25.4 Å². The number of cyclic esters (lactones) is 1. The van der Waals surface area contributed by atoms with Gasteiger partial charge in [-0.2, -0.15) is 0 Å². The van der Waals surface area contributed by atoms with E-state index in [1.165, 1.54) is 62.5 Å². The van der Waals surface area contributed by atoms with Gasteiger partial charge >= 0.3 is 6.09 Å². The Morgan fingerprint density at radius 1 is 0.787 bits per heavy atom. The number of aliphatic hydroxyl groups is 1. The number of amides is 1. The van der Waals surface area contributed by atoms with Crippen LogP contribution in [0.5, 0.6) is 11.5 Å². The van der Waals surface area contributed by atoms with Gasteiger partial charge in [-0.25, -0.2) is 4.79 Å². The SMILES string of the molecule is CCCCCCCOc1ccc(CCC(N)(CC)CO)cc1.CCCCCCCOc1ccc(CCC2(CC)COC(=O)N2)cc1.Cl. The van der Waals surface area contributed by atoms with Crippen molar-refractivity contribution >= 4 is 18.5 Å². The van der Waals surface area contributed by atoms with Crippen molar-refractivity contribution in [3.05, 3.63) is 59.7 Å². The lowest BCUT2D eigenvalue weighted by atomic mass is 9.90. The van der Waals surface area contributed by atoms with Gasteiger partial charge in [-0.1, -0.05) is 103 Å². The Morgan fingerprint density at radius 2 is 1.28 bits per heavy atom. The number of aryl methyl sites for hydroxylation is 2. The van der Waals surface area contributed by atoms with Crippen LogP contribution in [0.1, 0.15) is 129 Å². The predicted octanol–water partition coefficient (Wildman–Crippen LogP) is 9.35. The third-order valence-corrected chi connectivity index (χ3v) is 9.23. The van der Waals surface area contributed by atoms with E-state index in [2.05, 4.69) is 50.4 Å². The van der Waals surface area contributed by atoms with Gasteiger partial charge in [0, 0.05) is 5.54 Å². The van der Waals surface area contributed by atoms with Crippen LogP contribution in [0.2, 0.25) is 0 Å². The van der Waals surface area contributed by atoms with Crippen LogP contribution in [0.3, 0.4) is 0 Å². The first-order chi connectivity index (χ1) is 22.3. The number of hydrogen-bond acceptors (Lipinski definition) is 6. The van der Waals surface area contributed by atoms with Crippen molar-refractivity contribution in [1.82, 2.24) is 5.32 Å². The van der Waals surface area contributed by atoms with Crippen LogP contribution < -0.4 is 20.5 Å². The summed E-state index contributed by atoms with van der Waals surface area (Å²) in [5.41, 5.74) is 7.97. The molecule has 1 heterocycles. The van der Waals surface area contributed by atoms with Gasteiger partial charge in [-0.15, -0.1) is 12.4 Å². The zero-order valence-corrected chi connectivity index (χ0v) is 30.6. The number of nitrogens with two attached hydrogens (primary N) is 1. The van der Waals surface area contributed by atoms with Crippen LogP contribution in [0, 0.1) is 0 Å². The maximum atomic E-state index is 11.3. The van der Waals surface area contributed by atoms with E-state index in [-0.39, 0.29) is 30.6 Å². The molecule has 0 spiro atoms. The van der Waals surface area contributed by atoms with Gasteiger partial charge in [-0.3, -0.25) is 0 Å². The molecule has 1 aliphatic rings. The zero-order chi connectivity index (χ0) is 33.5. The number of alkyl carbamates (subject to hydrolysis) is 1. The molecule has 2 unspecified atom stereocenters. The van der Waals surface area contributed by atoms with Crippen LogP contribution in [0.15, 0.2) is 48.5 Å². The highest BCUT2D eigenvalue weighted by molar-refractivity contribution is 5.85. The second kappa shape index (κ2) is 24.6. The van der Waals surface area contributed by atoms with Gasteiger partial charge in [0.2, 0.25) is 0 Å². The normalized spacial score (nSPS) is 16.6. The average molecular weight is 677 g/mol. The number of unbranched alkanes of at least 4 members (excludes halogenated alkanes) is 8. The fourth-order valence-corrected chi connectivity index (χ4v) is 5.43. The zero-order valence-electron chi connectivity index (χ0n) is 29.8. The lowest BCUT2D eigenvalue weighted by Gasteiger charge is -2.25. The van der Waals surface area contributed by atoms with E-state index in [0.717, 1.165) is 76.1 Å². The molecule has 1 amide bonds. The molecule has 268 valence electrons. The van der Waals surface area contributed by atoms with Crippen molar-refractivity contribution in [3.63, 3.8) is 0 Å². The minimum absolute atomic E-state index is 0. The van der Waals surface area contributed by atoms with E-state index in [1.807, 2.05) is 31.2 Å². The van der Waals surface area contributed by atoms with Crippen molar-refractivity contribution in [2.24, 2.45) is 5.73 Å². The molecule has 2 atom stereocenters. The van der Waals surface area contributed by atoms with Gasteiger partial charge in [0.1, 0.15) is 18.1 Å². The topological polar surface area (TPSA) is 103 Å². The minimum Gasteiger partial charge on any atom is -0.494 e. The smallest absolute Gasteiger partial charge is 0.407 e.